The monoisotopic (exact) mass is 395 g/mol. The van der Waals surface area contributed by atoms with Crippen molar-refractivity contribution in [2.75, 3.05) is 5.73 Å². The fourth-order valence-electron chi connectivity index (χ4n) is 4.83. The minimum absolute atomic E-state index is 0.850. The lowest BCUT2D eigenvalue weighted by Crippen LogP contribution is -1.85. The molecule has 1 heteroatoms. The van der Waals surface area contributed by atoms with Crippen LogP contribution in [-0.4, -0.2) is 0 Å². The van der Waals surface area contributed by atoms with Crippen LogP contribution in [0.4, 0.5) is 5.69 Å². The number of anilines is 1. The van der Waals surface area contributed by atoms with E-state index in [-0.39, 0.29) is 0 Å². The van der Waals surface area contributed by atoms with Crippen LogP contribution in [0.5, 0.6) is 0 Å². The normalized spacial score (nSPS) is 11.4. The molecule has 0 spiro atoms. The van der Waals surface area contributed by atoms with Crippen molar-refractivity contribution in [1.82, 2.24) is 0 Å². The summed E-state index contributed by atoms with van der Waals surface area (Å²) in [5.41, 5.74) is 6.61. The fraction of sp³-hybridized carbons (Fsp3) is 0. The average molecular weight is 396 g/mol. The highest BCUT2D eigenvalue weighted by Crippen LogP contribution is 2.39. The van der Waals surface area contributed by atoms with E-state index in [4.69, 9.17) is 5.73 Å². The third-order valence-electron chi connectivity index (χ3n) is 6.21. The topological polar surface area (TPSA) is 26.0 Å². The number of rotatable bonds is 0. The zero-order chi connectivity index (χ0) is 20.8. The van der Waals surface area contributed by atoms with Crippen LogP contribution in [0.25, 0.3) is 53.9 Å². The molecule has 0 atom stereocenters. The van der Waals surface area contributed by atoms with Gasteiger partial charge in [0.05, 0.1) is 0 Å². The maximum absolute atomic E-state index is 5.76. The lowest BCUT2D eigenvalue weighted by atomic mass is 9.90. The Morgan fingerprint density at radius 3 is 1.16 bits per heavy atom. The van der Waals surface area contributed by atoms with Crippen molar-refractivity contribution < 1.29 is 0 Å². The molecule has 2 N–H and O–H groups in total. The van der Waals surface area contributed by atoms with E-state index in [1.807, 2.05) is 30.3 Å². The maximum Gasteiger partial charge on any atom is 0.0393 e. The zero-order valence-corrected chi connectivity index (χ0v) is 17.0. The second kappa shape index (κ2) is 7.00. The Kier molecular flexibility index (Phi) is 4.00. The Morgan fingerprint density at radius 2 is 0.677 bits per heavy atom. The number of hydrogen-bond donors (Lipinski definition) is 1. The minimum Gasteiger partial charge on any atom is -0.398 e. The molecule has 0 fully saturated rings. The lowest BCUT2D eigenvalue weighted by molar-refractivity contribution is 1.73. The third-order valence-corrected chi connectivity index (χ3v) is 6.21. The van der Waals surface area contributed by atoms with Gasteiger partial charge in [-0.05, 0) is 54.5 Å². The highest BCUT2D eigenvalue weighted by Gasteiger charge is 2.11. The number of nitrogen functional groups attached to an aromatic ring is 1. The van der Waals surface area contributed by atoms with E-state index < -0.39 is 0 Å². The molecule has 0 aliphatic rings. The third kappa shape index (κ3) is 2.78. The Labute approximate surface area is 180 Å². The van der Waals surface area contributed by atoms with Gasteiger partial charge in [0.25, 0.3) is 0 Å². The van der Waals surface area contributed by atoms with Crippen LogP contribution in [0.2, 0.25) is 0 Å². The molecular weight excluding hydrogens is 374 g/mol. The molecule has 0 amide bonds. The predicted octanol–water partition coefficient (Wildman–Crippen LogP) is 8.16. The van der Waals surface area contributed by atoms with E-state index in [2.05, 4.69) is 84.9 Å². The molecule has 0 aliphatic carbocycles. The van der Waals surface area contributed by atoms with E-state index in [0.29, 0.717) is 0 Å². The first-order valence-corrected chi connectivity index (χ1v) is 10.6. The van der Waals surface area contributed by atoms with Gasteiger partial charge in [0.1, 0.15) is 0 Å². The molecule has 0 aliphatic heterocycles. The van der Waals surface area contributed by atoms with Crippen LogP contribution in [0, 0.1) is 0 Å². The number of hydrogen-bond acceptors (Lipinski definition) is 1. The summed E-state index contributed by atoms with van der Waals surface area (Å²) in [5, 5.41) is 13.2. The molecule has 0 bridgehead atoms. The standard InChI is InChI=1S/C20H12.C10H9N/c1-5-13-6-2-11-17-18-12-4-8-14-7-3-10-16(20(14)18)15(9-1)19(13)17;11-10-7-3-5-8-4-1-2-6-9(8)10/h1-12H;1-7H,11H2. The van der Waals surface area contributed by atoms with E-state index in [1.165, 1.54) is 48.5 Å². The summed E-state index contributed by atoms with van der Waals surface area (Å²) in [6.45, 7) is 0. The van der Waals surface area contributed by atoms with Crippen LogP contribution in [0.15, 0.2) is 115 Å². The van der Waals surface area contributed by atoms with Crippen molar-refractivity contribution >= 4 is 59.5 Å². The second-order valence-electron chi connectivity index (χ2n) is 7.99. The summed E-state index contributed by atoms with van der Waals surface area (Å²) in [5.74, 6) is 0. The summed E-state index contributed by atoms with van der Waals surface area (Å²) in [4.78, 5) is 0. The van der Waals surface area contributed by atoms with Gasteiger partial charge in [-0.15, -0.1) is 0 Å². The van der Waals surface area contributed by atoms with Crippen molar-refractivity contribution in [3.05, 3.63) is 115 Å². The molecule has 0 saturated carbocycles. The zero-order valence-electron chi connectivity index (χ0n) is 17.0. The van der Waals surface area contributed by atoms with Gasteiger partial charge in [-0.25, -0.2) is 0 Å². The van der Waals surface area contributed by atoms with Crippen molar-refractivity contribution in [3.8, 4) is 0 Å². The molecule has 31 heavy (non-hydrogen) atoms. The summed E-state index contributed by atoms with van der Waals surface area (Å²) < 4.78 is 0. The lowest BCUT2D eigenvalue weighted by Gasteiger charge is -2.13. The van der Waals surface area contributed by atoms with Gasteiger partial charge < -0.3 is 5.73 Å². The SMILES string of the molecule is Nc1cccc2ccccc12.c1cc2cccc3c4cccc5cccc(c(c1)c23)c54. The van der Waals surface area contributed by atoms with Crippen LogP contribution in [0.3, 0.4) is 0 Å². The molecule has 7 rings (SSSR count). The number of benzene rings is 7. The van der Waals surface area contributed by atoms with Crippen molar-refractivity contribution in [2.24, 2.45) is 0 Å². The highest BCUT2D eigenvalue weighted by atomic mass is 14.5. The average Bonchev–Trinajstić information content (AvgIpc) is 2.83. The summed E-state index contributed by atoms with van der Waals surface area (Å²) >= 11 is 0. The summed E-state index contributed by atoms with van der Waals surface area (Å²) in [6, 6.07) is 40.5. The van der Waals surface area contributed by atoms with Crippen LogP contribution < -0.4 is 5.73 Å². The quantitative estimate of drug-likeness (QED) is 0.156. The van der Waals surface area contributed by atoms with E-state index in [9.17, 15) is 0 Å². The number of fused-ring (bicyclic) bond motifs is 3. The molecular formula is C30H21N. The molecule has 1 nitrogen and oxygen atoms in total. The van der Waals surface area contributed by atoms with E-state index >= 15 is 0 Å². The molecule has 0 saturated heterocycles. The van der Waals surface area contributed by atoms with Gasteiger partial charge in [-0.1, -0.05) is 109 Å². The predicted molar refractivity (Wildman–Crippen MR) is 136 cm³/mol. The minimum atomic E-state index is 0.850. The molecule has 146 valence electrons. The first-order chi connectivity index (χ1) is 15.3. The van der Waals surface area contributed by atoms with E-state index in [0.717, 1.165) is 11.1 Å². The Bertz CT molecular complexity index is 1520. The van der Waals surface area contributed by atoms with Gasteiger partial charge in [-0.3, -0.25) is 0 Å². The number of nitrogens with two attached hydrogens (primary N) is 1. The molecule has 7 aromatic carbocycles. The van der Waals surface area contributed by atoms with Gasteiger partial charge in [0.15, 0.2) is 0 Å². The fourth-order valence-corrected chi connectivity index (χ4v) is 4.83. The first-order valence-electron chi connectivity index (χ1n) is 10.6. The van der Waals surface area contributed by atoms with Crippen LogP contribution >= 0.6 is 0 Å². The molecule has 0 heterocycles. The smallest absolute Gasteiger partial charge is 0.0393 e. The van der Waals surface area contributed by atoms with Gasteiger partial charge >= 0.3 is 0 Å². The van der Waals surface area contributed by atoms with Crippen molar-refractivity contribution in [1.29, 1.82) is 0 Å². The van der Waals surface area contributed by atoms with Gasteiger partial charge in [0, 0.05) is 11.1 Å². The van der Waals surface area contributed by atoms with Crippen LogP contribution in [-0.2, 0) is 0 Å². The Balaban J connectivity index is 0.000000143. The maximum atomic E-state index is 5.76. The molecule has 0 radical (unpaired) electrons. The summed E-state index contributed by atoms with van der Waals surface area (Å²) in [6.07, 6.45) is 0. The Hall–Kier alpha value is -4.10. The molecule has 0 aromatic heterocycles. The molecule has 0 unspecified atom stereocenters. The highest BCUT2D eigenvalue weighted by molar-refractivity contribution is 6.32. The van der Waals surface area contributed by atoms with Crippen molar-refractivity contribution in [3.63, 3.8) is 0 Å². The summed E-state index contributed by atoms with van der Waals surface area (Å²) in [7, 11) is 0. The van der Waals surface area contributed by atoms with Crippen molar-refractivity contribution in [2.45, 2.75) is 0 Å². The first kappa shape index (κ1) is 17.7. The van der Waals surface area contributed by atoms with E-state index in [1.54, 1.807) is 0 Å². The Morgan fingerprint density at radius 1 is 0.323 bits per heavy atom. The largest absolute Gasteiger partial charge is 0.398 e. The van der Waals surface area contributed by atoms with Gasteiger partial charge in [-0.2, -0.15) is 0 Å². The van der Waals surface area contributed by atoms with Crippen LogP contribution in [0.1, 0.15) is 0 Å². The second-order valence-corrected chi connectivity index (χ2v) is 7.99. The van der Waals surface area contributed by atoms with Gasteiger partial charge in [0.2, 0.25) is 0 Å². The molecule has 7 aromatic rings.